The van der Waals surface area contributed by atoms with Gasteiger partial charge in [-0.3, -0.25) is 9.36 Å². The second-order valence-corrected chi connectivity index (χ2v) is 11.7. The van der Waals surface area contributed by atoms with Crippen molar-refractivity contribution in [1.29, 1.82) is 0 Å². The van der Waals surface area contributed by atoms with E-state index in [1.54, 1.807) is 18.7 Å². The number of benzene rings is 2. The van der Waals surface area contributed by atoms with Crippen LogP contribution < -0.4 is 10.6 Å². The molecule has 1 aliphatic heterocycles. The van der Waals surface area contributed by atoms with Crippen LogP contribution in [0, 0.1) is 0 Å². The number of hydrogen-bond acceptors (Lipinski definition) is 6. The van der Waals surface area contributed by atoms with Crippen molar-refractivity contribution in [3.05, 3.63) is 71.8 Å². The van der Waals surface area contributed by atoms with E-state index in [2.05, 4.69) is 10.6 Å². The number of amides is 3. The highest BCUT2D eigenvalue weighted by molar-refractivity contribution is 7.53. The first-order valence-electron chi connectivity index (χ1n) is 13.8. The summed E-state index contributed by atoms with van der Waals surface area (Å²) in [6, 6.07) is 18.3. The second-order valence-electron chi connectivity index (χ2n) is 9.48. The number of nitrogens with one attached hydrogen (secondary N) is 2. The minimum Gasteiger partial charge on any atom is -0.378 e. The number of carbonyl (C=O) groups excluding carboxylic acids is 2. The summed E-state index contributed by atoms with van der Waals surface area (Å²) in [7, 11) is -3.27. The Labute approximate surface area is 232 Å². The first kappa shape index (κ1) is 30.8. The van der Waals surface area contributed by atoms with E-state index in [1.807, 2.05) is 60.7 Å². The Hall–Kier alpha value is -2.71. The molecular weight excluding hydrogens is 517 g/mol. The summed E-state index contributed by atoms with van der Waals surface area (Å²) in [6.45, 7) is 6.05. The van der Waals surface area contributed by atoms with Crippen LogP contribution >= 0.6 is 7.60 Å². The maximum Gasteiger partial charge on any atom is 0.330 e. The quantitative estimate of drug-likeness (QED) is 0.313. The largest absolute Gasteiger partial charge is 0.378 e. The molecule has 2 N–H and O–H groups in total. The maximum absolute atomic E-state index is 13.7. The molecule has 3 amide bonds. The molecule has 1 heterocycles. The van der Waals surface area contributed by atoms with Gasteiger partial charge < -0.3 is 29.3 Å². The van der Waals surface area contributed by atoms with Crippen LogP contribution in [-0.2, 0) is 36.0 Å². The first-order chi connectivity index (χ1) is 18.9. The third-order valence-electron chi connectivity index (χ3n) is 6.57. The topological polar surface area (TPSA) is 106 Å². The highest BCUT2D eigenvalue weighted by atomic mass is 31.2. The third-order valence-corrected chi connectivity index (χ3v) is 8.68. The van der Waals surface area contributed by atoms with E-state index in [4.69, 9.17) is 13.8 Å². The van der Waals surface area contributed by atoms with Crippen molar-refractivity contribution in [2.75, 3.05) is 45.7 Å². The summed E-state index contributed by atoms with van der Waals surface area (Å²) in [4.78, 5) is 28.3. The summed E-state index contributed by atoms with van der Waals surface area (Å²) in [5.74, 6) is -0.277. The van der Waals surface area contributed by atoms with E-state index in [9.17, 15) is 14.2 Å². The zero-order chi connectivity index (χ0) is 27.9. The van der Waals surface area contributed by atoms with Gasteiger partial charge in [-0.05, 0) is 44.2 Å². The molecule has 2 aromatic rings. The fraction of sp³-hybridized carbons (Fsp3) is 0.517. The van der Waals surface area contributed by atoms with Crippen molar-refractivity contribution in [1.82, 2.24) is 15.5 Å². The zero-order valence-electron chi connectivity index (χ0n) is 23.1. The number of carbonyl (C=O) groups is 2. The van der Waals surface area contributed by atoms with Gasteiger partial charge in [-0.1, -0.05) is 60.7 Å². The number of ether oxygens (including phenoxy) is 1. The molecule has 214 valence electrons. The number of urea groups is 1. The minimum absolute atomic E-state index is 0.192. The Morgan fingerprint density at radius 3 is 2.08 bits per heavy atom. The maximum atomic E-state index is 13.7. The Kier molecular flexibility index (Phi) is 13.0. The van der Waals surface area contributed by atoms with E-state index >= 15 is 0 Å². The van der Waals surface area contributed by atoms with E-state index in [-0.39, 0.29) is 37.4 Å². The summed E-state index contributed by atoms with van der Waals surface area (Å²) in [6.07, 6.45) is 2.35. The van der Waals surface area contributed by atoms with Crippen LogP contribution in [0.25, 0.3) is 0 Å². The van der Waals surface area contributed by atoms with Gasteiger partial charge in [0.05, 0.1) is 32.6 Å². The Morgan fingerprint density at radius 1 is 0.897 bits per heavy atom. The molecule has 2 aromatic carbocycles. The van der Waals surface area contributed by atoms with Crippen LogP contribution in [0.1, 0.15) is 37.8 Å². The molecule has 3 rings (SSSR count). The third kappa shape index (κ3) is 10.8. The second kappa shape index (κ2) is 16.4. The fourth-order valence-electron chi connectivity index (χ4n) is 4.52. The minimum atomic E-state index is -3.27. The SMILES string of the molecule is CCOP(=O)(CCC(CCc1ccccc1)NC(=O)[C@H](Cc1ccccc1)NC(=O)N1CCOCC1)OCC. The van der Waals surface area contributed by atoms with Crippen molar-refractivity contribution >= 4 is 19.5 Å². The summed E-state index contributed by atoms with van der Waals surface area (Å²) in [5.41, 5.74) is 2.09. The number of morpholine rings is 1. The smallest absolute Gasteiger partial charge is 0.330 e. The van der Waals surface area contributed by atoms with E-state index in [1.165, 1.54) is 0 Å². The van der Waals surface area contributed by atoms with Crippen molar-refractivity contribution in [3.8, 4) is 0 Å². The zero-order valence-corrected chi connectivity index (χ0v) is 23.9. The number of nitrogens with zero attached hydrogens (tertiary/aromatic N) is 1. The van der Waals surface area contributed by atoms with Gasteiger partial charge in [0, 0.05) is 25.6 Å². The van der Waals surface area contributed by atoms with Gasteiger partial charge in [-0.15, -0.1) is 0 Å². The number of aryl methyl sites for hydroxylation is 1. The lowest BCUT2D eigenvalue weighted by molar-refractivity contribution is -0.123. The van der Waals surface area contributed by atoms with Gasteiger partial charge >= 0.3 is 13.6 Å². The molecule has 0 aliphatic carbocycles. The molecule has 1 unspecified atom stereocenters. The molecule has 1 fully saturated rings. The molecule has 10 heteroatoms. The molecule has 1 saturated heterocycles. The molecule has 2 atom stereocenters. The van der Waals surface area contributed by atoms with E-state index in [0.29, 0.717) is 45.6 Å². The standard InChI is InChI=1S/C29H42N3O6P/c1-3-37-39(35,38-4-2)22-17-26(16-15-24-11-7-5-8-12-24)30-28(33)27(23-25-13-9-6-10-14-25)31-29(34)32-18-20-36-21-19-32/h5-14,26-27H,3-4,15-23H2,1-2H3,(H,30,33)(H,31,34)/t26?,27-/m0/s1. The predicted octanol–water partition coefficient (Wildman–Crippen LogP) is 4.41. The molecule has 0 spiro atoms. The lowest BCUT2D eigenvalue weighted by Gasteiger charge is -2.30. The van der Waals surface area contributed by atoms with Gasteiger partial charge in [0.1, 0.15) is 6.04 Å². The van der Waals surface area contributed by atoms with Crippen LogP contribution in [0.2, 0.25) is 0 Å². The van der Waals surface area contributed by atoms with Gasteiger partial charge in [0.2, 0.25) is 5.91 Å². The van der Waals surface area contributed by atoms with E-state index in [0.717, 1.165) is 17.5 Å². The molecule has 1 aliphatic rings. The Bertz CT molecular complexity index is 1040. The molecule has 0 aromatic heterocycles. The van der Waals surface area contributed by atoms with Crippen molar-refractivity contribution < 1.29 is 27.9 Å². The summed E-state index contributed by atoms with van der Waals surface area (Å²) < 4.78 is 29.5. The highest BCUT2D eigenvalue weighted by Gasteiger charge is 2.29. The molecular formula is C29H42N3O6P. The van der Waals surface area contributed by atoms with Gasteiger partial charge in [-0.25, -0.2) is 4.79 Å². The predicted molar refractivity (Wildman–Crippen MR) is 152 cm³/mol. The van der Waals surface area contributed by atoms with Gasteiger partial charge in [0.25, 0.3) is 0 Å². The van der Waals surface area contributed by atoms with Crippen LogP contribution in [0.4, 0.5) is 4.79 Å². The molecule has 9 nitrogen and oxygen atoms in total. The monoisotopic (exact) mass is 559 g/mol. The van der Waals surface area contributed by atoms with E-state index < -0.39 is 13.6 Å². The molecule has 0 radical (unpaired) electrons. The number of hydrogen-bond donors (Lipinski definition) is 2. The molecule has 0 bridgehead atoms. The lowest BCUT2D eigenvalue weighted by Crippen LogP contribution is -2.55. The van der Waals surface area contributed by atoms with Crippen LogP contribution in [-0.4, -0.2) is 74.6 Å². The van der Waals surface area contributed by atoms with Crippen molar-refractivity contribution in [3.63, 3.8) is 0 Å². The van der Waals surface area contributed by atoms with Crippen LogP contribution in [0.5, 0.6) is 0 Å². The fourth-order valence-corrected chi connectivity index (χ4v) is 6.26. The van der Waals surface area contributed by atoms with Crippen LogP contribution in [0.15, 0.2) is 60.7 Å². The van der Waals surface area contributed by atoms with Crippen LogP contribution in [0.3, 0.4) is 0 Å². The molecule has 39 heavy (non-hydrogen) atoms. The summed E-state index contributed by atoms with van der Waals surface area (Å²) >= 11 is 0. The van der Waals surface area contributed by atoms with Crippen molar-refractivity contribution in [2.45, 2.75) is 51.6 Å². The lowest BCUT2D eigenvalue weighted by atomic mass is 10.0. The van der Waals surface area contributed by atoms with Gasteiger partial charge in [0.15, 0.2) is 0 Å². The normalized spacial score (nSPS) is 15.4. The average Bonchev–Trinajstić information content (AvgIpc) is 2.96. The Balaban J connectivity index is 1.74. The Morgan fingerprint density at radius 2 is 1.49 bits per heavy atom. The van der Waals surface area contributed by atoms with Gasteiger partial charge in [-0.2, -0.15) is 0 Å². The molecule has 0 saturated carbocycles. The summed E-state index contributed by atoms with van der Waals surface area (Å²) in [5, 5.41) is 6.09. The van der Waals surface area contributed by atoms with Crippen molar-refractivity contribution in [2.24, 2.45) is 0 Å². The highest BCUT2D eigenvalue weighted by Crippen LogP contribution is 2.48. The average molecular weight is 560 g/mol. The number of rotatable bonds is 15. The first-order valence-corrected chi connectivity index (χ1v) is 15.5.